The van der Waals surface area contributed by atoms with Crippen LogP contribution in [0.5, 0.6) is 0 Å². The van der Waals surface area contributed by atoms with E-state index in [-0.39, 0.29) is 0 Å². The van der Waals surface area contributed by atoms with E-state index in [1.165, 1.54) is 0 Å². The topological polar surface area (TPSA) is 51.5 Å². The van der Waals surface area contributed by atoms with Crippen molar-refractivity contribution >= 4 is 27.4 Å². The van der Waals surface area contributed by atoms with Crippen molar-refractivity contribution in [2.45, 2.75) is 20.3 Å². The van der Waals surface area contributed by atoms with Gasteiger partial charge in [-0.3, -0.25) is 0 Å². The van der Waals surface area contributed by atoms with E-state index in [1.54, 1.807) is 6.20 Å². The summed E-state index contributed by atoms with van der Waals surface area (Å²) in [5.74, 6) is 1.38. The molecule has 2 heterocycles. The van der Waals surface area contributed by atoms with E-state index in [1.807, 2.05) is 16.8 Å². The highest BCUT2D eigenvalue weighted by molar-refractivity contribution is 9.10. The number of halogens is 1. The van der Waals surface area contributed by atoms with Crippen molar-refractivity contribution in [3.8, 4) is 0 Å². The molecule has 1 N–H and O–H groups in total. The maximum atomic E-state index is 5.54. The minimum absolute atomic E-state index is 0.587. The second-order valence-corrected chi connectivity index (χ2v) is 5.63. The molecule has 0 radical (unpaired) electrons. The maximum absolute atomic E-state index is 5.54. The molecule has 6 heteroatoms. The van der Waals surface area contributed by atoms with Gasteiger partial charge in [0.25, 0.3) is 0 Å². The van der Waals surface area contributed by atoms with Gasteiger partial charge in [-0.2, -0.15) is 0 Å². The van der Waals surface area contributed by atoms with E-state index >= 15 is 0 Å². The Kier molecular flexibility index (Phi) is 5.15. The Balaban J connectivity index is 1.83. The molecule has 19 heavy (non-hydrogen) atoms. The van der Waals surface area contributed by atoms with E-state index < -0.39 is 0 Å². The summed E-state index contributed by atoms with van der Waals surface area (Å²) in [4.78, 5) is 8.68. The number of rotatable bonds is 7. The van der Waals surface area contributed by atoms with Crippen LogP contribution in [-0.4, -0.2) is 34.1 Å². The van der Waals surface area contributed by atoms with Gasteiger partial charge in [0.2, 0.25) is 0 Å². The van der Waals surface area contributed by atoms with Gasteiger partial charge in [-0.25, -0.2) is 9.97 Å². The summed E-state index contributed by atoms with van der Waals surface area (Å²) >= 11 is 3.39. The highest BCUT2D eigenvalue weighted by Gasteiger charge is 2.05. The first-order valence-corrected chi connectivity index (χ1v) is 7.27. The van der Waals surface area contributed by atoms with Crippen LogP contribution in [0.15, 0.2) is 23.2 Å². The molecule has 0 saturated heterocycles. The molecule has 0 unspecified atom stereocenters. The Labute approximate surface area is 121 Å². The van der Waals surface area contributed by atoms with Gasteiger partial charge in [0.15, 0.2) is 11.5 Å². The fraction of sp³-hybridized carbons (Fsp3) is 0.538. The minimum Gasteiger partial charge on any atom is -0.381 e. The SMILES string of the molecule is CC(C)COCCCNc1nc(Br)cn2ccnc12. The van der Waals surface area contributed by atoms with E-state index in [9.17, 15) is 0 Å². The number of aromatic nitrogens is 3. The predicted molar refractivity (Wildman–Crippen MR) is 79.5 cm³/mol. The van der Waals surface area contributed by atoms with Gasteiger partial charge >= 0.3 is 0 Å². The van der Waals surface area contributed by atoms with Crippen LogP contribution in [0.1, 0.15) is 20.3 Å². The van der Waals surface area contributed by atoms with E-state index in [0.29, 0.717) is 5.92 Å². The lowest BCUT2D eigenvalue weighted by molar-refractivity contribution is 0.110. The molecule has 0 spiro atoms. The molecular weight excluding hydrogens is 308 g/mol. The largest absolute Gasteiger partial charge is 0.381 e. The van der Waals surface area contributed by atoms with Crippen LogP contribution in [-0.2, 0) is 4.74 Å². The highest BCUT2D eigenvalue weighted by Crippen LogP contribution is 2.16. The smallest absolute Gasteiger partial charge is 0.180 e. The average molecular weight is 327 g/mol. The lowest BCUT2D eigenvalue weighted by Gasteiger charge is -2.09. The molecule has 2 aromatic rings. The number of hydrogen-bond acceptors (Lipinski definition) is 4. The number of ether oxygens (including phenoxy) is 1. The van der Waals surface area contributed by atoms with E-state index in [0.717, 1.165) is 42.2 Å². The van der Waals surface area contributed by atoms with Crippen molar-refractivity contribution in [1.82, 2.24) is 14.4 Å². The normalized spacial score (nSPS) is 11.4. The Hall–Kier alpha value is -1.14. The molecule has 0 aliphatic rings. The van der Waals surface area contributed by atoms with Crippen LogP contribution < -0.4 is 5.32 Å². The van der Waals surface area contributed by atoms with Crippen molar-refractivity contribution in [3.05, 3.63) is 23.2 Å². The number of anilines is 1. The maximum Gasteiger partial charge on any atom is 0.180 e. The van der Waals surface area contributed by atoms with Gasteiger partial charge in [-0.05, 0) is 28.3 Å². The third kappa shape index (κ3) is 4.18. The summed E-state index contributed by atoms with van der Waals surface area (Å²) in [7, 11) is 0. The summed E-state index contributed by atoms with van der Waals surface area (Å²) in [6.07, 6.45) is 6.51. The van der Waals surface area contributed by atoms with Crippen molar-refractivity contribution < 1.29 is 4.74 Å². The molecule has 0 fully saturated rings. The molecule has 2 aromatic heterocycles. The van der Waals surface area contributed by atoms with Crippen LogP contribution in [0.25, 0.3) is 5.65 Å². The van der Waals surface area contributed by atoms with Gasteiger partial charge < -0.3 is 14.5 Å². The molecule has 104 valence electrons. The van der Waals surface area contributed by atoms with Crippen molar-refractivity contribution in [2.75, 3.05) is 25.1 Å². The molecule has 0 aliphatic heterocycles. The zero-order valence-corrected chi connectivity index (χ0v) is 12.9. The van der Waals surface area contributed by atoms with Gasteiger partial charge in [0.1, 0.15) is 4.60 Å². The molecule has 2 rings (SSSR count). The van der Waals surface area contributed by atoms with Crippen molar-refractivity contribution in [2.24, 2.45) is 5.92 Å². The lowest BCUT2D eigenvalue weighted by atomic mass is 10.2. The van der Waals surface area contributed by atoms with Crippen LogP contribution in [0, 0.1) is 5.92 Å². The Morgan fingerprint density at radius 2 is 2.32 bits per heavy atom. The summed E-state index contributed by atoms with van der Waals surface area (Å²) in [5, 5.41) is 3.30. The molecule has 0 saturated carbocycles. The van der Waals surface area contributed by atoms with Crippen molar-refractivity contribution in [3.63, 3.8) is 0 Å². The third-order valence-corrected chi connectivity index (χ3v) is 2.94. The highest BCUT2D eigenvalue weighted by atomic mass is 79.9. The molecule has 0 bridgehead atoms. The predicted octanol–water partition coefficient (Wildman–Crippen LogP) is 2.97. The zero-order valence-electron chi connectivity index (χ0n) is 11.3. The standard InChI is InChI=1S/C13H19BrN4O/c1-10(2)9-19-7-3-4-15-12-13-16-5-6-18(13)8-11(14)17-12/h5-6,8,10H,3-4,7,9H2,1-2H3,(H,15,17). The molecule has 5 nitrogen and oxygen atoms in total. The Morgan fingerprint density at radius 1 is 1.47 bits per heavy atom. The first-order chi connectivity index (χ1) is 9.16. The van der Waals surface area contributed by atoms with Gasteiger partial charge in [0, 0.05) is 38.3 Å². The Morgan fingerprint density at radius 3 is 3.11 bits per heavy atom. The van der Waals surface area contributed by atoms with Crippen LogP contribution in [0.4, 0.5) is 5.82 Å². The summed E-state index contributed by atoms with van der Waals surface area (Å²) in [6.45, 7) is 6.71. The monoisotopic (exact) mass is 326 g/mol. The second-order valence-electron chi connectivity index (χ2n) is 4.82. The van der Waals surface area contributed by atoms with Gasteiger partial charge in [-0.1, -0.05) is 13.8 Å². The lowest BCUT2D eigenvalue weighted by Crippen LogP contribution is -2.10. The summed E-state index contributed by atoms with van der Waals surface area (Å²) < 4.78 is 8.27. The average Bonchev–Trinajstić information content (AvgIpc) is 2.80. The minimum atomic E-state index is 0.587. The fourth-order valence-corrected chi connectivity index (χ4v) is 2.12. The van der Waals surface area contributed by atoms with E-state index in [4.69, 9.17) is 4.74 Å². The molecule has 0 amide bonds. The molecular formula is C13H19BrN4O. The zero-order chi connectivity index (χ0) is 13.7. The number of imidazole rings is 1. The first kappa shape index (κ1) is 14.3. The van der Waals surface area contributed by atoms with Crippen LogP contribution in [0.3, 0.4) is 0 Å². The van der Waals surface area contributed by atoms with Gasteiger partial charge in [0.05, 0.1) is 0 Å². The number of fused-ring (bicyclic) bond motifs is 1. The number of nitrogens with zero attached hydrogens (tertiary/aromatic N) is 3. The first-order valence-electron chi connectivity index (χ1n) is 6.47. The number of hydrogen-bond donors (Lipinski definition) is 1. The quantitative estimate of drug-likeness (QED) is 0.795. The second kappa shape index (κ2) is 6.86. The van der Waals surface area contributed by atoms with Gasteiger partial charge in [-0.15, -0.1) is 0 Å². The molecule has 0 atom stereocenters. The molecule has 0 aromatic carbocycles. The van der Waals surface area contributed by atoms with E-state index in [2.05, 4.69) is 45.1 Å². The Bertz CT molecular complexity index is 526. The van der Waals surface area contributed by atoms with Crippen molar-refractivity contribution in [1.29, 1.82) is 0 Å². The third-order valence-electron chi connectivity index (χ3n) is 2.55. The van der Waals surface area contributed by atoms with Crippen LogP contribution in [0.2, 0.25) is 0 Å². The van der Waals surface area contributed by atoms with Crippen LogP contribution >= 0.6 is 15.9 Å². The number of nitrogens with one attached hydrogen (secondary N) is 1. The summed E-state index contributed by atoms with van der Waals surface area (Å²) in [6, 6.07) is 0. The summed E-state index contributed by atoms with van der Waals surface area (Å²) in [5.41, 5.74) is 0.839. The molecule has 0 aliphatic carbocycles. The fourth-order valence-electron chi connectivity index (χ4n) is 1.72.